The minimum Gasteiger partial charge on any atom is -0.378 e. The minimum absolute atomic E-state index is 0.478. The van der Waals surface area contributed by atoms with Crippen molar-refractivity contribution in [3.05, 3.63) is 0 Å². The molecule has 0 N–H and O–H groups in total. The second-order valence-electron chi connectivity index (χ2n) is 5.89. The third kappa shape index (κ3) is 7.81. The quantitative estimate of drug-likeness (QED) is 0.506. The van der Waals surface area contributed by atoms with Crippen LogP contribution in [-0.2, 0) is 4.74 Å². The zero-order chi connectivity index (χ0) is 13.3. The fraction of sp³-hybridized carbons (Fsp3) is 1.00. The van der Waals surface area contributed by atoms with Gasteiger partial charge in [-0.2, -0.15) is 0 Å². The number of hydrogen-bond donors (Lipinski definition) is 0. The normalized spacial score (nSPS) is 17.1. The van der Waals surface area contributed by atoms with Crippen molar-refractivity contribution in [2.45, 2.75) is 79.8 Å². The molecule has 0 saturated carbocycles. The van der Waals surface area contributed by atoms with Crippen LogP contribution in [0, 0.1) is 17.8 Å². The summed E-state index contributed by atoms with van der Waals surface area (Å²) in [5.41, 5.74) is 0. The highest BCUT2D eigenvalue weighted by Crippen LogP contribution is 2.28. The third-order valence-corrected chi connectivity index (χ3v) is 3.92. The minimum atomic E-state index is 0.478. The lowest BCUT2D eigenvalue weighted by Gasteiger charge is -2.28. The molecule has 0 aliphatic rings. The molecule has 0 aliphatic heterocycles. The smallest absolute Gasteiger partial charge is 0.0575 e. The first-order valence-corrected chi connectivity index (χ1v) is 7.66. The van der Waals surface area contributed by atoms with Crippen LogP contribution in [0.25, 0.3) is 0 Å². The second-order valence-corrected chi connectivity index (χ2v) is 5.89. The molecule has 3 atom stereocenters. The summed E-state index contributed by atoms with van der Waals surface area (Å²) in [6.45, 7) is 14.8. The summed E-state index contributed by atoms with van der Waals surface area (Å²) in [7, 11) is 0. The molecule has 1 nitrogen and oxygen atoms in total. The van der Waals surface area contributed by atoms with E-state index < -0.39 is 0 Å². The van der Waals surface area contributed by atoms with Crippen molar-refractivity contribution in [2.24, 2.45) is 17.8 Å². The predicted octanol–water partition coefficient (Wildman–Crippen LogP) is 5.29. The molecular formula is C16H34O. The standard InChI is InChI=1S/C16H34O/c1-7-10-17-16(9-3)12-15(13(4)5)11-14(6)8-2/h13-16H,7-12H2,1-6H3. The molecular weight excluding hydrogens is 208 g/mol. The lowest BCUT2D eigenvalue weighted by Crippen LogP contribution is -2.22. The van der Waals surface area contributed by atoms with Crippen molar-refractivity contribution < 1.29 is 4.74 Å². The zero-order valence-corrected chi connectivity index (χ0v) is 13.0. The van der Waals surface area contributed by atoms with Crippen LogP contribution in [0.1, 0.15) is 73.6 Å². The summed E-state index contributed by atoms with van der Waals surface area (Å²) in [4.78, 5) is 0. The van der Waals surface area contributed by atoms with Crippen LogP contribution < -0.4 is 0 Å². The molecule has 0 radical (unpaired) electrons. The Bertz CT molecular complexity index is 165. The van der Waals surface area contributed by atoms with Crippen LogP contribution in [-0.4, -0.2) is 12.7 Å². The number of ether oxygens (including phenoxy) is 1. The molecule has 0 aromatic carbocycles. The van der Waals surface area contributed by atoms with E-state index in [1.54, 1.807) is 0 Å². The van der Waals surface area contributed by atoms with Gasteiger partial charge in [-0.15, -0.1) is 0 Å². The SMILES string of the molecule is CCCOC(CC)CC(CC(C)CC)C(C)C. The van der Waals surface area contributed by atoms with Gasteiger partial charge in [-0.05, 0) is 43.4 Å². The topological polar surface area (TPSA) is 9.23 Å². The van der Waals surface area contributed by atoms with Crippen LogP contribution >= 0.6 is 0 Å². The summed E-state index contributed by atoms with van der Waals surface area (Å²) in [6.07, 6.45) is 6.68. The van der Waals surface area contributed by atoms with E-state index >= 15 is 0 Å². The van der Waals surface area contributed by atoms with Crippen molar-refractivity contribution >= 4 is 0 Å². The van der Waals surface area contributed by atoms with Crippen LogP contribution in [0.3, 0.4) is 0 Å². The van der Waals surface area contributed by atoms with Crippen LogP contribution in [0.5, 0.6) is 0 Å². The zero-order valence-electron chi connectivity index (χ0n) is 13.0. The van der Waals surface area contributed by atoms with Gasteiger partial charge in [0.15, 0.2) is 0 Å². The van der Waals surface area contributed by atoms with Gasteiger partial charge in [0.2, 0.25) is 0 Å². The molecule has 0 heterocycles. The Balaban J connectivity index is 4.19. The van der Waals surface area contributed by atoms with Crippen molar-refractivity contribution in [2.75, 3.05) is 6.61 Å². The Hall–Kier alpha value is -0.0400. The first-order chi connectivity index (χ1) is 8.04. The maximum absolute atomic E-state index is 5.94. The van der Waals surface area contributed by atoms with Crippen molar-refractivity contribution in [3.8, 4) is 0 Å². The Morgan fingerprint density at radius 3 is 1.94 bits per heavy atom. The van der Waals surface area contributed by atoms with Crippen LogP contribution in [0.15, 0.2) is 0 Å². The summed E-state index contributed by atoms with van der Waals surface area (Å²) in [5, 5.41) is 0. The van der Waals surface area contributed by atoms with E-state index in [0.29, 0.717) is 6.10 Å². The maximum atomic E-state index is 5.94. The van der Waals surface area contributed by atoms with Gasteiger partial charge in [0.05, 0.1) is 6.10 Å². The Morgan fingerprint density at radius 2 is 1.53 bits per heavy atom. The van der Waals surface area contributed by atoms with E-state index in [1.807, 2.05) is 0 Å². The molecule has 0 bridgehead atoms. The van der Waals surface area contributed by atoms with Gasteiger partial charge < -0.3 is 4.74 Å². The van der Waals surface area contributed by atoms with E-state index in [0.717, 1.165) is 37.2 Å². The van der Waals surface area contributed by atoms with Crippen molar-refractivity contribution in [1.29, 1.82) is 0 Å². The van der Waals surface area contributed by atoms with Gasteiger partial charge in [-0.1, -0.05) is 48.0 Å². The van der Waals surface area contributed by atoms with Crippen molar-refractivity contribution in [1.82, 2.24) is 0 Å². The van der Waals surface area contributed by atoms with E-state index in [9.17, 15) is 0 Å². The molecule has 1 heteroatoms. The fourth-order valence-corrected chi connectivity index (χ4v) is 2.30. The predicted molar refractivity (Wildman–Crippen MR) is 77.3 cm³/mol. The van der Waals surface area contributed by atoms with E-state index in [1.165, 1.54) is 19.3 Å². The van der Waals surface area contributed by atoms with Gasteiger partial charge in [-0.3, -0.25) is 0 Å². The first-order valence-electron chi connectivity index (χ1n) is 7.66. The first kappa shape index (κ1) is 17.0. The molecule has 0 spiro atoms. The Morgan fingerprint density at radius 1 is 0.882 bits per heavy atom. The van der Waals surface area contributed by atoms with Crippen LogP contribution in [0.2, 0.25) is 0 Å². The monoisotopic (exact) mass is 242 g/mol. The van der Waals surface area contributed by atoms with Gasteiger partial charge in [0.25, 0.3) is 0 Å². The maximum Gasteiger partial charge on any atom is 0.0575 e. The van der Waals surface area contributed by atoms with Gasteiger partial charge in [-0.25, -0.2) is 0 Å². The molecule has 0 rings (SSSR count). The van der Waals surface area contributed by atoms with Gasteiger partial charge in [0.1, 0.15) is 0 Å². The lowest BCUT2D eigenvalue weighted by atomic mass is 9.82. The Kier molecular flexibility index (Phi) is 9.91. The molecule has 0 fully saturated rings. The third-order valence-electron chi connectivity index (χ3n) is 3.92. The molecule has 0 aliphatic carbocycles. The largest absolute Gasteiger partial charge is 0.378 e. The molecule has 104 valence electrons. The Labute approximate surface area is 109 Å². The summed E-state index contributed by atoms with van der Waals surface area (Å²) in [5.74, 6) is 2.46. The highest BCUT2D eigenvalue weighted by atomic mass is 16.5. The van der Waals surface area contributed by atoms with Gasteiger partial charge in [0, 0.05) is 6.61 Å². The van der Waals surface area contributed by atoms with Gasteiger partial charge >= 0.3 is 0 Å². The summed E-state index contributed by atoms with van der Waals surface area (Å²) in [6, 6.07) is 0. The number of rotatable bonds is 10. The lowest BCUT2D eigenvalue weighted by molar-refractivity contribution is 0.0255. The number of hydrogen-bond acceptors (Lipinski definition) is 1. The highest BCUT2D eigenvalue weighted by Gasteiger charge is 2.20. The van der Waals surface area contributed by atoms with Crippen LogP contribution in [0.4, 0.5) is 0 Å². The molecule has 0 aromatic heterocycles. The molecule has 0 aromatic rings. The summed E-state index contributed by atoms with van der Waals surface area (Å²) >= 11 is 0. The highest BCUT2D eigenvalue weighted by molar-refractivity contribution is 4.71. The van der Waals surface area contributed by atoms with E-state index in [2.05, 4.69) is 41.5 Å². The fourth-order valence-electron chi connectivity index (χ4n) is 2.30. The van der Waals surface area contributed by atoms with Crippen molar-refractivity contribution in [3.63, 3.8) is 0 Å². The van der Waals surface area contributed by atoms with E-state index in [-0.39, 0.29) is 0 Å². The average Bonchev–Trinajstić information content (AvgIpc) is 2.32. The molecule has 0 saturated heterocycles. The summed E-state index contributed by atoms with van der Waals surface area (Å²) < 4.78 is 5.94. The van der Waals surface area contributed by atoms with E-state index in [4.69, 9.17) is 4.74 Å². The molecule has 0 amide bonds. The second kappa shape index (κ2) is 9.94. The molecule has 3 unspecified atom stereocenters. The average molecular weight is 242 g/mol. The molecule has 17 heavy (non-hydrogen) atoms.